The third kappa shape index (κ3) is 2.07. The number of carbonyl (C=O) groups is 1. The highest BCUT2D eigenvalue weighted by molar-refractivity contribution is 8.00. The zero-order valence-corrected chi connectivity index (χ0v) is 10.6. The first-order valence-corrected chi connectivity index (χ1v) is 6.94. The van der Waals surface area contributed by atoms with Gasteiger partial charge in [0.05, 0.1) is 10.9 Å². The minimum atomic E-state index is 0.0134. The SMILES string of the molecule is CC1Sc2cc(C3CCNC3)ccc2NC1=O. The molecule has 0 bridgehead atoms. The molecule has 2 N–H and O–H groups in total. The van der Waals surface area contributed by atoms with E-state index in [0.717, 1.165) is 18.8 Å². The van der Waals surface area contributed by atoms with Crippen molar-refractivity contribution >= 4 is 23.4 Å². The van der Waals surface area contributed by atoms with Crippen LogP contribution in [0.3, 0.4) is 0 Å². The van der Waals surface area contributed by atoms with E-state index in [9.17, 15) is 4.79 Å². The molecule has 1 aromatic rings. The molecule has 17 heavy (non-hydrogen) atoms. The minimum absolute atomic E-state index is 0.0134. The summed E-state index contributed by atoms with van der Waals surface area (Å²) in [5, 5.41) is 6.36. The van der Waals surface area contributed by atoms with Crippen LogP contribution in [0, 0.1) is 0 Å². The van der Waals surface area contributed by atoms with E-state index in [1.807, 2.05) is 13.0 Å². The van der Waals surface area contributed by atoms with Crippen LogP contribution in [-0.4, -0.2) is 24.2 Å². The maximum absolute atomic E-state index is 11.6. The van der Waals surface area contributed by atoms with E-state index >= 15 is 0 Å². The van der Waals surface area contributed by atoms with E-state index < -0.39 is 0 Å². The molecule has 3 nitrogen and oxygen atoms in total. The van der Waals surface area contributed by atoms with Gasteiger partial charge < -0.3 is 10.6 Å². The van der Waals surface area contributed by atoms with Gasteiger partial charge in [-0.1, -0.05) is 6.07 Å². The Morgan fingerprint density at radius 3 is 3.06 bits per heavy atom. The molecule has 0 spiro atoms. The number of rotatable bonds is 1. The average Bonchev–Trinajstić information content (AvgIpc) is 2.83. The zero-order chi connectivity index (χ0) is 11.8. The Morgan fingerprint density at radius 2 is 2.29 bits per heavy atom. The van der Waals surface area contributed by atoms with Crippen LogP contribution < -0.4 is 10.6 Å². The summed E-state index contributed by atoms with van der Waals surface area (Å²) in [4.78, 5) is 12.8. The number of benzene rings is 1. The third-order valence-electron chi connectivity index (χ3n) is 3.47. The largest absolute Gasteiger partial charge is 0.324 e. The number of carbonyl (C=O) groups excluding carboxylic acids is 1. The van der Waals surface area contributed by atoms with Crippen LogP contribution in [-0.2, 0) is 4.79 Å². The Kier molecular flexibility index (Phi) is 2.84. The van der Waals surface area contributed by atoms with Crippen LogP contribution in [0.5, 0.6) is 0 Å². The fourth-order valence-electron chi connectivity index (χ4n) is 2.41. The van der Waals surface area contributed by atoms with Crippen molar-refractivity contribution in [2.75, 3.05) is 18.4 Å². The molecule has 4 heteroatoms. The molecule has 0 radical (unpaired) electrons. The molecular weight excluding hydrogens is 232 g/mol. The first-order valence-electron chi connectivity index (χ1n) is 6.06. The van der Waals surface area contributed by atoms with Crippen molar-refractivity contribution in [2.24, 2.45) is 0 Å². The smallest absolute Gasteiger partial charge is 0.237 e. The van der Waals surface area contributed by atoms with Crippen molar-refractivity contribution in [1.82, 2.24) is 5.32 Å². The second kappa shape index (κ2) is 4.35. The van der Waals surface area contributed by atoms with Gasteiger partial charge in [0.1, 0.15) is 0 Å². The van der Waals surface area contributed by atoms with Crippen molar-refractivity contribution in [3.63, 3.8) is 0 Å². The lowest BCUT2D eigenvalue weighted by Crippen LogP contribution is -2.26. The molecule has 0 aromatic heterocycles. The second-order valence-corrected chi connectivity index (χ2v) is 6.08. The maximum atomic E-state index is 11.6. The third-order valence-corrected chi connectivity index (χ3v) is 4.63. The summed E-state index contributed by atoms with van der Waals surface area (Å²) in [6.07, 6.45) is 1.21. The highest BCUT2D eigenvalue weighted by atomic mass is 32.2. The fraction of sp³-hybridized carbons (Fsp3) is 0.462. The molecule has 2 aliphatic heterocycles. The standard InChI is InChI=1S/C13H16N2OS/c1-8-13(16)15-11-3-2-9(6-12(11)17-8)10-4-5-14-7-10/h2-3,6,8,10,14H,4-5,7H2,1H3,(H,15,16). The van der Waals surface area contributed by atoms with Crippen molar-refractivity contribution in [3.05, 3.63) is 23.8 Å². The van der Waals surface area contributed by atoms with Crippen molar-refractivity contribution < 1.29 is 4.79 Å². The second-order valence-electron chi connectivity index (χ2n) is 4.69. The van der Waals surface area contributed by atoms with Crippen LogP contribution in [0.1, 0.15) is 24.8 Å². The number of thioether (sulfide) groups is 1. The maximum Gasteiger partial charge on any atom is 0.237 e. The molecule has 2 aliphatic rings. The minimum Gasteiger partial charge on any atom is -0.324 e. The summed E-state index contributed by atoms with van der Waals surface area (Å²) in [5.41, 5.74) is 2.36. The monoisotopic (exact) mass is 248 g/mol. The zero-order valence-electron chi connectivity index (χ0n) is 9.82. The lowest BCUT2D eigenvalue weighted by molar-refractivity contribution is -0.115. The topological polar surface area (TPSA) is 41.1 Å². The van der Waals surface area contributed by atoms with E-state index in [0.29, 0.717) is 5.92 Å². The Labute approximate surface area is 105 Å². The van der Waals surface area contributed by atoms with Crippen LogP contribution in [0.25, 0.3) is 0 Å². The van der Waals surface area contributed by atoms with Crippen LogP contribution in [0.15, 0.2) is 23.1 Å². The van der Waals surface area contributed by atoms with Gasteiger partial charge in [0, 0.05) is 11.4 Å². The molecule has 90 valence electrons. The number of amides is 1. The number of fused-ring (bicyclic) bond motifs is 1. The summed E-state index contributed by atoms with van der Waals surface area (Å²) >= 11 is 1.66. The van der Waals surface area contributed by atoms with Crippen LogP contribution in [0.4, 0.5) is 5.69 Å². The van der Waals surface area contributed by atoms with Gasteiger partial charge in [-0.2, -0.15) is 0 Å². The fourth-order valence-corrected chi connectivity index (χ4v) is 3.41. The van der Waals surface area contributed by atoms with Gasteiger partial charge in [-0.05, 0) is 43.5 Å². The molecule has 1 fully saturated rings. The lowest BCUT2D eigenvalue weighted by atomic mass is 9.98. The molecule has 1 saturated heterocycles. The Bertz CT molecular complexity index is 455. The van der Waals surface area contributed by atoms with Gasteiger partial charge in [0.2, 0.25) is 5.91 Å². The van der Waals surface area contributed by atoms with E-state index in [-0.39, 0.29) is 11.2 Å². The van der Waals surface area contributed by atoms with E-state index in [1.54, 1.807) is 11.8 Å². The molecule has 1 amide bonds. The van der Waals surface area contributed by atoms with Gasteiger partial charge in [0.25, 0.3) is 0 Å². The summed E-state index contributed by atoms with van der Waals surface area (Å²) in [5.74, 6) is 0.742. The van der Waals surface area contributed by atoms with Gasteiger partial charge in [-0.25, -0.2) is 0 Å². The number of hydrogen-bond donors (Lipinski definition) is 2. The molecule has 0 aliphatic carbocycles. The van der Waals surface area contributed by atoms with Crippen molar-refractivity contribution in [1.29, 1.82) is 0 Å². The summed E-state index contributed by atoms with van der Waals surface area (Å²) in [7, 11) is 0. The predicted octanol–water partition coefficient (Wildman–Crippen LogP) is 2.20. The van der Waals surface area contributed by atoms with Gasteiger partial charge in [-0.3, -0.25) is 4.79 Å². The summed E-state index contributed by atoms with van der Waals surface area (Å²) < 4.78 is 0. The summed E-state index contributed by atoms with van der Waals surface area (Å²) in [6.45, 7) is 4.14. The highest BCUT2D eigenvalue weighted by Gasteiger charge is 2.24. The summed E-state index contributed by atoms with van der Waals surface area (Å²) in [6, 6.07) is 6.43. The van der Waals surface area contributed by atoms with Crippen molar-refractivity contribution in [3.8, 4) is 0 Å². The molecule has 2 unspecified atom stereocenters. The molecule has 2 atom stereocenters. The molecule has 2 heterocycles. The van der Waals surface area contributed by atoms with E-state index in [4.69, 9.17) is 0 Å². The quantitative estimate of drug-likeness (QED) is 0.800. The normalized spacial score (nSPS) is 27.7. The number of anilines is 1. The number of nitrogens with one attached hydrogen (secondary N) is 2. The van der Waals surface area contributed by atoms with Crippen molar-refractivity contribution in [2.45, 2.75) is 29.4 Å². The van der Waals surface area contributed by atoms with Gasteiger partial charge >= 0.3 is 0 Å². The van der Waals surface area contributed by atoms with Gasteiger partial charge in [-0.15, -0.1) is 11.8 Å². The molecule has 1 aromatic carbocycles. The van der Waals surface area contributed by atoms with E-state index in [2.05, 4.69) is 22.8 Å². The Hall–Kier alpha value is -1.00. The first kappa shape index (κ1) is 11.1. The number of hydrogen-bond acceptors (Lipinski definition) is 3. The molecule has 3 rings (SSSR count). The Morgan fingerprint density at radius 1 is 1.41 bits per heavy atom. The van der Waals surface area contributed by atoms with Gasteiger partial charge in [0.15, 0.2) is 0 Å². The average molecular weight is 248 g/mol. The predicted molar refractivity (Wildman–Crippen MR) is 70.6 cm³/mol. The highest BCUT2D eigenvalue weighted by Crippen LogP contribution is 2.38. The first-order chi connectivity index (χ1) is 8.24. The van der Waals surface area contributed by atoms with Crippen LogP contribution >= 0.6 is 11.8 Å². The Balaban J connectivity index is 1.90. The molecule has 0 saturated carbocycles. The van der Waals surface area contributed by atoms with E-state index in [1.165, 1.54) is 16.9 Å². The van der Waals surface area contributed by atoms with Crippen LogP contribution in [0.2, 0.25) is 0 Å². The molecular formula is C13H16N2OS. The lowest BCUT2D eigenvalue weighted by Gasteiger charge is -2.22.